The predicted molar refractivity (Wildman–Crippen MR) is 77.5 cm³/mol. The maximum atomic E-state index is 11.2. The maximum Gasteiger partial charge on any atom is 0.219 e. The van der Waals surface area contributed by atoms with Crippen molar-refractivity contribution in [1.29, 1.82) is 0 Å². The highest BCUT2D eigenvalue weighted by Crippen LogP contribution is 2.26. The Kier molecular flexibility index (Phi) is 4.39. The lowest BCUT2D eigenvalue weighted by molar-refractivity contribution is -0.120. The molecule has 1 amide bonds. The number of hydrogen-bond acceptors (Lipinski definition) is 2. The Labute approximate surface area is 113 Å². The summed E-state index contributed by atoms with van der Waals surface area (Å²) in [5.74, 6) is 0.991. The molecule has 0 aliphatic heterocycles. The second-order valence-corrected chi connectivity index (χ2v) is 4.47. The highest BCUT2D eigenvalue weighted by molar-refractivity contribution is 5.88. The summed E-state index contributed by atoms with van der Waals surface area (Å²) in [7, 11) is 1.68. The summed E-state index contributed by atoms with van der Waals surface area (Å²) in [5.41, 5.74) is 1.22. The Morgan fingerprint density at radius 2 is 2.11 bits per heavy atom. The van der Waals surface area contributed by atoms with Crippen molar-refractivity contribution in [2.24, 2.45) is 0 Å². The zero-order valence-corrected chi connectivity index (χ0v) is 11.4. The van der Waals surface area contributed by atoms with Gasteiger partial charge in [0.05, 0.1) is 7.11 Å². The summed E-state index contributed by atoms with van der Waals surface area (Å²) in [6.07, 6.45) is 1.38. The molecule has 0 aliphatic rings. The van der Waals surface area contributed by atoms with E-state index in [2.05, 4.69) is 29.6 Å². The van der Waals surface area contributed by atoms with Crippen LogP contribution in [0.4, 0.5) is 0 Å². The molecular weight excluding hydrogens is 238 g/mol. The fraction of sp³-hybridized carbons (Fsp3) is 0.312. The number of ether oxygens (including phenoxy) is 1. The first kappa shape index (κ1) is 13.4. The third-order valence-electron chi connectivity index (χ3n) is 3.18. The summed E-state index contributed by atoms with van der Waals surface area (Å²) < 4.78 is 5.34. The normalized spacial score (nSPS) is 10.4. The van der Waals surface area contributed by atoms with Gasteiger partial charge in [0, 0.05) is 18.4 Å². The van der Waals surface area contributed by atoms with Gasteiger partial charge in [-0.1, -0.05) is 37.3 Å². The lowest BCUT2D eigenvalue weighted by atomic mass is 10.0. The molecule has 1 N–H and O–H groups in total. The van der Waals surface area contributed by atoms with Gasteiger partial charge < -0.3 is 10.1 Å². The second kappa shape index (κ2) is 6.23. The molecule has 3 nitrogen and oxygen atoms in total. The highest BCUT2D eigenvalue weighted by atomic mass is 16.5. The number of benzene rings is 2. The molecule has 0 radical (unpaired) electrons. The van der Waals surface area contributed by atoms with Crippen LogP contribution in [0.5, 0.6) is 5.75 Å². The van der Waals surface area contributed by atoms with Crippen molar-refractivity contribution in [2.45, 2.75) is 19.8 Å². The second-order valence-electron chi connectivity index (χ2n) is 4.47. The van der Waals surface area contributed by atoms with Crippen LogP contribution in [0.15, 0.2) is 36.4 Å². The first-order valence-electron chi connectivity index (χ1n) is 6.57. The van der Waals surface area contributed by atoms with Crippen molar-refractivity contribution in [3.05, 3.63) is 42.0 Å². The van der Waals surface area contributed by atoms with Crippen molar-refractivity contribution in [3.8, 4) is 5.75 Å². The van der Waals surface area contributed by atoms with Crippen molar-refractivity contribution in [2.75, 3.05) is 13.7 Å². The number of nitrogens with one attached hydrogen (secondary N) is 1. The van der Waals surface area contributed by atoms with Gasteiger partial charge in [-0.3, -0.25) is 4.79 Å². The monoisotopic (exact) mass is 257 g/mol. The van der Waals surface area contributed by atoms with Crippen LogP contribution >= 0.6 is 0 Å². The van der Waals surface area contributed by atoms with Crippen LogP contribution in [0.1, 0.15) is 18.9 Å². The van der Waals surface area contributed by atoms with E-state index in [9.17, 15) is 4.79 Å². The van der Waals surface area contributed by atoms with Gasteiger partial charge in [-0.05, 0) is 23.4 Å². The Bertz CT molecular complexity index is 578. The number of carbonyl (C=O) groups excluding carboxylic acids is 1. The van der Waals surface area contributed by atoms with Crippen LogP contribution < -0.4 is 10.1 Å². The molecule has 0 saturated carbocycles. The van der Waals surface area contributed by atoms with Gasteiger partial charge in [0.25, 0.3) is 0 Å². The van der Waals surface area contributed by atoms with Gasteiger partial charge in [-0.25, -0.2) is 0 Å². The van der Waals surface area contributed by atoms with Crippen molar-refractivity contribution in [1.82, 2.24) is 5.32 Å². The molecule has 0 fully saturated rings. The molecule has 0 aromatic heterocycles. The molecule has 0 heterocycles. The molecule has 0 atom stereocenters. The third-order valence-corrected chi connectivity index (χ3v) is 3.18. The van der Waals surface area contributed by atoms with E-state index in [1.54, 1.807) is 7.11 Å². The molecule has 0 aliphatic carbocycles. The quantitative estimate of drug-likeness (QED) is 0.894. The van der Waals surface area contributed by atoms with E-state index in [1.807, 2.05) is 19.1 Å². The zero-order chi connectivity index (χ0) is 13.7. The van der Waals surface area contributed by atoms with E-state index in [1.165, 1.54) is 10.9 Å². The van der Waals surface area contributed by atoms with Crippen molar-refractivity contribution < 1.29 is 9.53 Å². The van der Waals surface area contributed by atoms with E-state index < -0.39 is 0 Å². The molecule has 2 aromatic rings. The lowest BCUT2D eigenvalue weighted by Crippen LogP contribution is -2.24. The van der Waals surface area contributed by atoms with Crippen molar-refractivity contribution >= 4 is 16.7 Å². The largest absolute Gasteiger partial charge is 0.496 e. The number of carbonyl (C=O) groups is 1. The molecule has 0 spiro atoms. The topological polar surface area (TPSA) is 38.3 Å². The minimum absolute atomic E-state index is 0.0995. The SMILES string of the molecule is CCC(=O)NCCc1ccc2c(OC)cccc2c1. The van der Waals surface area contributed by atoms with Crippen LogP contribution in [0.3, 0.4) is 0 Å². The first-order valence-corrected chi connectivity index (χ1v) is 6.57. The summed E-state index contributed by atoms with van der Waals surface area (Å²) in [6.45, 7) is 2.54. The van der Waals surface area contributed by atoms with Gasteiger partial charge in [0.1, 0.15) is 5.75 Å². The van der Waals surface area contributed by atoms with Crippen LogP contribution in [-0.4, -0.2) is 19.6 Å². The number of rotatable bonds is 5. The highest BCUT2D eigenvalue weighted by Gasteiger charge is 2.02. The Morgan fingerprint density at radius 1 is 1.26 bits per heavy atom. The molecule has 0 bridgehead atoms. The van der Waals surface area contributed by atoms with Crippen LogP contribution in [0, 0.1) is 0 Å². The Hall–Kier alpha value is -2.03. The summed E-state index contributed by atoms with van der Waals surface area (Å²) >= 11 is 0. The number of fused-ring (bicyclic) bond motifs is 1. The van der Waals surface area contributed by atoms with Crippen LogP contribution in [0.25, 0.3) is 10.8 Å². The van der Waals surface area contributed by atoms with Gasteiger partial charge in [-0.15, -0.1) is 0 Å². The number of methoxy groups -OCH3 is 1. The van der Waals surface area contributed by atoms with Crippen LogP contribution in [0.2, 0.25) is 0 Å². The minimum Gasteiger partial charge on any atom is -0.496 e. The summed E-state index contributed by atoms with van der Waals surface area (Å²) in [4.78, 5) is 11.2. The molecular formula is C16H19NO2. The standard InChI is InChI=1S/C16H19NO2/c1-3-16(18)17-10-9-12-7-8-14-13(11-12)5-4-6-15(14)19-2/h4-8,11H,3,9-10H2,1-2H3,(H,17,18). The average Bonchev–Trinajstić information content (AvgIpc) is 2.46. The zero-order valence-electron chi connectivity index (χ0n) is 11.4. The average molecular weight is 257 g/mol. The Balaban J connectivity index is 2.11. The molecule has 2 rings (SSSR count). The molecule has 3 heteroatoms. The number of amides is 1. The fourth-order valence-electron chi connectivity index (χ4n) is 2.11. The van der Waals surface area contributed by atoms with Gasteiger partial charge >= 0.3 is 0 Å². The lowest BCUT2D eigenvalue weighted by Gasteiger charge is -2.08. The van der Waals surface area contributed by atoms with Crippen LogP contribution in [-0.2, 0) is 11.2 Å². The van der Waals surface area contributed by atoms with Crippen molar-refractivity contribution in [3.63, 3.8) is 0 Å². The maximum absolute atomic E-state index is 11.2. The molecule has 2 aromatic carbocycles. The number of hydrogen-bond donors (Lipinski definition) is 1. The van der Waals surface area contributed by atoms with E-state index in [4.69, 9.17) is 4.74 Å². The molecule has 19 heavy (non-hydrogen) atoms. The van der Waals surface area contributed by atoms with E-state index in [0.29, 0.717) is 13.0 Å². The molecule has 0 unspecified atom stereocenters. The molecule has 0 saturated heterocycles. The van der Waals surface area contributed by atoms with Gasteiger partial charge in [0.15, 0.2) is 0 Å². The van der Waals surface area contributed by atoms with E-state index in [-0.39, 0.29) is 5.91 Å². The summed E-state index contributed by atoms with van der Waals surface area (Å²) in [6, 6.07) is 12.3. The smallest absolute Gasteiger partial charge is 0.219 e. The van der Waals surface area contributed by atoms with E-state index >= 15 is 0 Å². The minimum atomic E-state index is 0.0995. The predicted octanol–water partition coefficient (Wildman–Crippen LogP) is 2.92. The van der Waals surface area contributed by atoms with E-state index in [0.717, 1.165) is 17.6 Å². The third kappa shape index (κ3) is 3.25. The summed E-state index contributed by atoms with van der Waals surface area (Å²) in [5, 5.41) is 5.17. The molecule has 100 valence electrons. The first-order chi connectivity index (χ1) is 9.24. The van der Waals surface area contributed by atoms with Gasteiger partial charge in [0.2, 0.25) is 5.91 Å². The Morgan fingerprint density at radius 3 is 2.84 bits per heavy atom. The van der Waals surface area contributed by atoms with Gasteiger partial charge in [-0.2, -0.15) is 0 Å². The fourth-order valence-corrected chi connectivity index (χ4v) is 2.11.